The van der Waals surface area contributed by atoms with Crippen molar-refractivity contribution in [1.29, 1.82) is 0 Å². The van der Waals surface area contributed by atoms with Crippen LogP contribution in [0.25, 0.3) is 0 Å². The zero-order chi connectivity index (χ0) is 28.7. The molecule has 1 heterocycles. The molecule has 5 aliphatic rings. The number of carbonyl (C=O) groups is 1. The van der Waals surface area contributed by atoms with Crippen LogP contribution in [-0.2, 0) is 4.79 Å². The summed E-state index contributed by atoms with van der Waals surface area (Å²) in [7, 11) is 0. The van der Waals surface area contributed by atoms with Crippen molar-refractivity contribution in [2.45, 2.75) is 130 Å². The summed E-state index contributed by atoms with van der Waals surface area (Å²) in [5, 5.41) is 3.48. The maximum Gasteiger partial charge on any atom is 0.220 e. The number of hydrogen-bond acceptors (Lipinski definition) is 1. The van der Waals surface area contributed by atoms with Crippen molar-refractivity contribution in [3.8, 4) is 0 Å². The normalized spacial score (nSPS) is 41.9. The number of carbonyl (C=O) groups excluding carboxylic acids is 1. The van der Waals surface area contributed by atoms with Crippen LogP contribution in [0, 0.1) is 46.3 Å². The molecule has 4 saturated carbocycles. The minimum absolute atomic E-state index is 0. The highest BCUT2D eigenvalue weighted by molar-refractivity contribution is 5.76. The number of hydrogen-bond donors (Lipinski definition) is 1. The zero-order valence-electron chi connectivity index (χ0n) is 27.4. The number of likely N-dealkylation sites (tertiary alicyclic amines) is 1. The van der Waals surface area contributed by atoms with Crippen LogP contribution in [0.2, 0.25) is 0 Å². The molecule has 0 bridgehead atoms. The third-order valence-electron chi connectivity index (χ3n) is 14.3. The molecule has 236 valence electrons. The molecule has 1 saturated heterocycles. The monoisotopic (exact) mass is 688 g/mol. The van der Waals surface area contributed by atoms with E-state index in [-0.39, 0.29) is 24.0 Å². The predicted molar refractivity (Wildman–Crippen MR) is 173 cm³/mol. The lowest BCUT2D eigenvalue weighted by Gasteiger charge is -2.61. The number of nitrogens with zero attached hydrogens (tertiary/aromatic N) is 1. The minimum atomic E-state index is 0. The molecule has 6 rings (SSSR count). The van der Waals surface area contributed by atoms with Gasteiger partial charge in [0.2, 0.25) is 5.91 Å². The van der Waals surface area contributed by atoms with E-state index >= 15 is 0 Å². The third kappa shape index (κ3) is 5.99. The van der Waals surface area contributed by atoms with Crippen molar-refractivity contribution in [2.24, 2.45) is 46.3 Å². The van der Waals surface area contributed by atoms with Gasteiger partial charge in [-0.05, 0) is 123 Å². The van der Waals surface area contributed by atoms with Gasteiger partial charge in [0.05, 0.1) is 19.6 Å². The summed E-state index contributed by atoms with van der Waals surface area (Å²) in [6, 6.07) is 11.4. The number of piperidine rings is 1. The fourth-order valence-corrected chi connectivity index (χ4v) is 12.1. The maximum atomic E-state index is 13.2. The van der Waals surface area contributed by atoms with E-state index in [1.165, 1.54) is 82.9 Å². The molecule has 0 radical (unpaired) electrons. The first-order valence-corrected chi connectivity index (χ1v) is 18.0. The van der Waals surface area contributed by atoms with E-state index < -0.39 is 0 Å². The van der Waals surface area contributed by atoms with Crippen LogP contribution in [0.3, 0.4) is 0 Å². The minimum Gasteiger partial charge on any atom is -1.00 e. The second kappa shape index (κ2) is 13.4. The maximum absolute atomic E-state index is 13.2. The lowest BCUT2D eigenvalue weighted by atomic mass is 9.44. The number of para-hydroxylation sites is 1. The molecule has 4 aliphatic carbocycles. The predicted octanol–water partition coefficient (Wildman–Crippen LogP) is 6.15. The average molecular weight is 689 g/mol. The van der Waals surface area contributed by atoms with Gasteiger partial charge in [0.25, 0.3) is 0 Å². The number of amides is 1. The van der Waals surface area contributed by atoms with Crippen molar-refractivity contribution >= 4 is 11.6 Å². The SMILES string of the molecule is CCC[N+]1(c2ccccc2)CCC(NC(=O)CCC(C)[C@H]2CC[C@H]3[C@@H]4CCC5CCCC[C@]5(C)[C@H]4CC[C@]23C)CC1.[I-]. The van der Waals surface area contributed by atoms with E-state index in [1.807, 2.05) is 0 Å². The Balaban J connectivity index is 0.00000353. The summed E-state index contributed by atoms with van der Waals surface area (Å²) < 4.78 is 1.09. The third-order valence-corrected chi connectivity index (χ3v) is 14.3. The molecule has 1 aromatic rings. The van der Waals surface area contributed by atoms with Gasteiger partial charge in [-0.2, -0.15) is 0 Å². The first kappa shape index (κ1) is 32.8. The smallest absolute Gasteiger partial charge is 0.220 e. The zero-order valence-corrected chi connectivity index (χ0v) is 29.5. The van der Waals surface area contributed by atoms with Gasteiger partial charge in [0.15, 0.2) is 0 Å². The Kier molecular flexibility index (Phi) is 10.4. The van der Waals surface area contributed by atoms with Crippen LogP contribution in [0.15, 0.2) is 30.3 Å². The van der Waals surface area contributed by atoms with Gasteiger partial charge < -0.3 is 29.3 Å². The van der Waals surface area contributed by atoms with Crippen LogP contribution in [0.4, 0.5) is 5.69 Å². The molecule has 8 atom stereocenters. The standard InChI is InChI=1S/C38H60N2O.HI/c1-5-25-40(31-12-7-6-8-13-31)26-21-30(22-27-40)39-36(41)19-14-28(2)33-17-18-34-32-16-15-29-11-9-10-23-37(29,3)35(32)20-24-38(33,34)4;/h6-8,12-13,28-30,32-35H,5,9-11,14-27H2,1-4H3;1H/t28?,29?,30?,32-,33+,34-,35-,37-,38+,40?;/m0./s1. The Hall–Kier alpha value is -0.620. The number of quaternary nitrogens is 1. The summed E-state index contributed by atoms with van der Waals surface area (Å²) >= 11 is 0. The van der Waals surface area contributed by atoms with Crippen molar-refractivity contribution in [3.63, 3.8) is 0 Å². The molecule has 0 spiro atoms. The molecule has 1 aliphatic heterocycles. The highest BCUT2D eigenvalue weighted by Gasteiger charge is 2.60. The molecule has 1 aromatic carbocycles. The summed E-state index contributed by atoms with van der Waals surface area (Å²) in [5.41, 5.74) is 2.60. The highest BCUT2D eigenvalue weighted by Crippen LogP contribution is 2.68. The first-order chi connectivity index (χ1) is 19.8. The average Bonchev–Trinajstić information content (AvgIpc) is 3.34. The van der Waals surface area contributed by atoms with Crippen LogP contribution in [0.1, 0.15) is 124 Å². The van der Waals surface area contributed by atoms with E-state index in [1.54, 1.807) is 0 Å². The van der Waals surface area contributed by atoms with Gasteiger partial charge in [-0.15, -0.1) is 0 Å². The van der Waals surface area contributed by atoms with Crippen LogP contribution >= 0.6 is 0 Å². The molecule has 42 heavy (non-hydrogen) atoms. The van der Waals surface area contributed by atoms with Gasteiger partial charge in [-0.25, -0.2) is 0 Å². The van der Waals surface area contributed by atoms with E-state index in [2.05, 4.69) is 63.3 Å². The van der Waals surface area contributed by atoms with E-state index in [0.717, 1.165) is 66.4 Å². The number of rotatable bonds is 8. The molecule has 4 heteroatoms. The lowest BCUT2D eigenvalue weighted by molar-refractivity contribution is -0.123. The Morgan fingerprint density at radius 3 is 2.38 bits per heavy atom. The van der Waals surface area contributed by atoms with Crippen molar-refractivity contribution in [1.82, 2.24) is 9.80 Å². The Bertz CT molecular complexity index is 1040. The summed E-state index contributed by atoms with van der Waals surface area (Å²) in [6.07, 6.45) is 20.0. The molecule has 3 nitrogen and oxygen atoms in total. The molecular weight excluding hydrogens is 627 g/mol. The molecule has 1 N–H and O–H groups in total. The quantitative estimate of drug-likeness (QED) is 0.258. The lowest BCUT2D eigenvalue weighted by Crippen LogP contribution is -3.00. The Morgan fingerprint density at radius 1 is 0.905 bits per heavy atom. The fraction of sp³-hybridized carbons (Fsp3) is 0.816. The second-order valence-corrected chi connectivity index (χ2v) is 16.1. The largest absolute Gasteiger partial charge is 1.00 e. The van der Waals surface area contributed by atoms with Crippen molar-refractivity contribution < 1.29 is 28.8 Å². The highest BCUT2D eigenvalue weighted by atomic mass is 127. The number of benzene rings is 1. The first-order valence-electron chi connectivity index (χ1n) is 18.0. The number of fused-ring (bicyclic) bond motifs is 5. The van der Waals surface area contributed by atoms with Crippen LogP contribution < -0.4 is 33.8 Å². The molecule has 2 unspecified atom stereocenters. The Labute approximate surface area is 275 Å². The number of nitrogens with one attached hydrogen (secondary N) is 1. The number of halogens is 1. The molecular formula is C38H61IN2O. The van der Waals surface area contributed by atoms with E-state index in [9.17, 15) is 4.79 Å². The topological polar surface area (TPSA) is 29.1 Å². The molecule has 0 aromatic heterocycles. The summed E-state index contributed by atoms with van der Waals surface area (Å²) in [6.45, 7) is 13.7. The second-order valence-electron chi connectivity index (χ2n) is 16.1. The fourth-order valence-electron chi connectivity index (χ4n) is 12.1. The van der Waals surface area contributed by atoms with Gasteiger partial charge >= 0.3 is 0 Å². The van der Waals surface area contributed by atoms with Crippen molar-refractivity contribution in [2.75, 3.05) is 19.6 Å². The summed E-state index contributed by atoms with van der Waals surface area (Å²) in [4.78, 5) is 13.2. The summed E-state index contributed by atoms with van der Waals surface area (Å²) in [5.74, 6) is 5.71. The van der Waals surface area contributed by atoms with Crippen LogP contribution in [-0.4, -0.2) is 31.6 Å². The Morgan fingerprint density at radius 2 is 1.64 bits per heavy atom. The van der Waals surface area contributed by atoms with E-state index in [4.69, 9.17) is 0 Å². The van der Waals surface area contributed by atoms with Gasteiger partial charge in [-0.3, -0.25) is 9.28 Å². The molecule has 1 amide bonds. The van der Waals surface area contributed by atoms with Gasteiger partial charge in [0, 0.05) is 25.3 Å². The van der Waals surface area contributed by atoms with E-state index in [0.29, 0.717) is 35.1 Å². The van der Waals surface area contributed by atoms with Gasteiger partial charge in [0.1, 0.15) is 5.69 Å². The van der Waals surface area contributed by atoms with Crippen molar-refractivity contribution in [3.05, 3.63) is 30.3 Å². The molecule has 5 fully saturated rings. The van der Waals surface area contributed by atoms with Crippen LogP contribution in [0.5, 0.6) is 0 Å². The van der Waals surface area contributed by atoms with Gasteiger partial charge in [-0.1, -0.05) is 58.7 Å².